The van der Waals surface area contributed by atoms with Crippen LogP contribution in [-0.2, 0) is 28.3 Å². The number of allylic oxidation sites excluding steroid dienone is 1. The van der Waals surface area contributed by atoms with Gasteiger partial charge in [-0.05, 0) is 42.7 Å². The van der Waals surface area contributed by atoms with E-state index in [0.29, 0.717) is 35.6 Å². The Labute approximate surface area is 256 Å². The minimum atomic E-state index is -1.75. The van der Waals surface area contributed by atoms with Gasteiger partial charge in [0.1, 0.15) is 6.10 Å². The molecule has 0 saturated carbocycles. The van der Waals surface area contributed by atoms with Gasteiger partial charge in [-0.15, -0.1) is 5.10 Å². The smallest absolute Gasteiger partial charge is 0.264 e. The van der Waals surface area contributed by atoms with E-state index in [9.17, 15) is 24.9 Å². The zero-order valence-corrected chi connectivity index (χ0v) is 24.7. The van der Waals surface area contributed by atoms with E-state index >= 15 is 0 Å². The summed E-state index contributed by atoms with van der Waals surface area (Å²) in [6.45, 7) is 3.87. The first-order valence-corrected chi connectivity index (χ1v) is 14.7. The van der Waals surface area contributed by atoms with E-state index < -0.39 is 29.4 Å². The van der Waals surface area contributed by atoms with Gasteiger partial charge in [0.15, 0.2) is 5.60 Å². The lowest BCUT2D eigenvalue weighted by atomic mass is 9.83. The van der Waals surface area contributed by atoms with Gasteiger partial charge in [0, 0.05) is 29.9 Å². The molecule has 4 atom stereocenters. The van der Waals surface area contributed by atoms with Gasteiger partial charge in [0.2, 0.25) is 0 Å². The Hall–Kier alpha value is -4.64. The molecule has 1 aliphatic heterocycles. The molecule has 3 aromatic carbocycles. The molecule has 0 bridgehead atoms. The maximum Gasteiger partial charge on any atom is 0.264 e. The predicted molar refractivity (Wildman–Crippen MR) is 167 cm³/mol. The minimum absolute atomic E-state index is 0.0732. The molecule has 10 nitrogen and oxygen atoms in total. The Morgan fingerprint density at radius 1 is 1.05 bits per heavy atom. The quantitative estimate of drug-likeness (QED) is 0.183. The first kappa shape index (κ1) is 30.8. The van der Waals surface area contributed by atoms with Crippen molar-refractivity contribution in [3.63, 3.8) is 0 Å². The number of aryl methyl sites for hydroxylation is 1. The van der Waals surface area contributed by atoms with E-state index in [1.165, 1.54) is 6.92 Å². The maximum absolute atomic E-state index is 13.8. The number of nitrogens with zero attached hydrogens (tertiary/aromatic N) is 4. The number of anilines is 2. The second-order valence-corrected chi connectivity index (χ2v) is 11.1. The van der Waals surface area contributed by atoms with Gasteiger partial charge in [-0.25, -0.2) is 0 Å². The third-order valence-corrected chi connectivity index (χ3v) is 8.00. The van der Waals surface area contributed by atoms with Crippen molar-refractivity contribution in [2.24, 2.45) is 5.92 Å². The highest BCUT2D eigenvalue weighted by atomic mass is 16.3. The van der Waals surface area contributed by atoms with Crippen molar-refractivity contribution >= 4 is 23.2 Å². The third-order valence-electron chi connectivity index (χ3n) is 8.00. The molecule has 2 heterocycles. The lowest BCUT2D eigenvalue weighted by molar-refractivity contribution is -0.139. The highest BCUT2D eigenvalue weighted by Crippen LogP contribution is 2.45. The van der Waals surface area contributed by atoms with Crippen molar-refractivity contribution in [1.82, 2.24) is 15.0 Å². The summed E-state index contributed by atoms with van der Waals surface area (Å²) in [7, 11) is 0. The number of benzene rings is 3. The molecule has 10 heteroatoms. The van der Waals surface area contributed by atoms with Gasteiger partial charge in [-0.1, -0.05) is 85.0 Å². The monoisotopic (exact) mass is 595 g/mol. The van der Waals surface area contributed by atoms with Crippen LogP contribution in [0.3, 0.4) is 0 Å². The number of carbonyl (C=O) groups excluding carboxylic acids is 2. The van der Waals surface area contributed by atoms with Crippen LogP contribution in [0.2, 0.25) is 0 Å². The maximum atomic E-state index is 13.8. The number of hydrogen-bond acceptors (Lipinski definition) is 7. The number of para-hydroxylation sites is 1. The standard InChI is InChI=1S/C34H37N5O5/c1-23(11-8-9-18-38-21-30(36-37-38)28(22-40)26-13-4-3-5-14-26)34(44)29-16-6-7-17-31(29)39(33(34)43)20-25-12-10-15-27(19-25)35-32(42)24(2)41/h3-8,10-17,19,21,23-24,28,40-41,44H,9,18,20,22H2,1-2H3,(H,35,42)/b11-8+/t23-,24-,28?,34+/m0/s1. The van der Waals surface area contributed by atoms with E-state index in [1.807, 2.05) is 73.8 Å². The van der Waals surface area contributed by atoms with Gasteiger partial charge >= 0.3 is 0 Å². The van der Waals surface area contributed by atoms with Crippen LogP contribution in [0.25, 0.3) is 0 Å². The predicted octanol–water partition coefficient (Wildman–Crippen LogP) is 3.74. The Morgan fingerprint density at radius 3 is 2.55 bits per heavy atom. The summed E-state index contributed by atoms with van der Waals surface area (Å²) in [6.07, 6.45) is 5.06. The molecular weight excluding hydrogens is 558 g/mol. The van der Waals surface area contributed by atoms with Crippen LogP contribution in [0.5, 0.6) is 0 Å². The highest BCUT2D eigenvalue weighted by Gasteiger charge is 2.52. The highest BCUT2D eigenvalue weighted by molar-refractivity contribution is 6.07. The normalized spacial score (nSPS) is 18.3. The Bertz CT molecular complexity index is 1640. The molecular formula is C34H37N5O5. The van der Waals surface area contributed by atoms with Crippen LogP contribution in [0.15, 0.2) is 97.2 Å². The fourth-order valence-electron chi connectivity index (χ4n) is 5.52. The number of nitrogens with one attached hydrogen (secondary N) is 1. The van der Waals surface area contributed by atoms with Crippen LogP contribution >= 0.6 is 0 Å². The number of aromatic nitrogens is 3. The number of rotatable bonds is 12. The molecule has 0 fully saturated rings. The van der Waals surface area contributed by atoms with Crippen molar-refractivity contribution in [3.8, 4) is 0 Å². The van der Waals surface area contributed by atoms with Crippen molar-refractivity contribution in [3.05, 3.63) is 120 Å². The molecule has 0 radical (unpaired) electrons. The molecule has 2 amide bonds. The molecule has 4 aromatic rings. The van der Waals surface area contributed by atoms with E-state index in [-0.39, 0.29) is 19.1 Å². The van der Waals surface area contributed by atoms with Crippen LogP contribution in [0.1, 0.15) is 48.6 Å². The van der Waals surface area contributed by atoms with Crippen LogP contribution in [0, 0.1) is 5.92 Å². The van der Waals surface area contributed by atoms with Crippen molar-refractivity contribution in [2.75, 3.05) is 16.8 Å². The third kappa shape index (κ3) is 6.33. The van der Waals surface area contributed by atoms with E-state index in [4.69, 9.17) is 0 Å². The molecule has 1 aromatic heterocycles. The van der Waals surface area contributed by atoms with E-state index in [1.54, 1.807) is 39.9 Å². The molecule has 44 heavy (non-hydrogen) atoms. The molecule has 5 rings (SSSR count). The number of amides is 2. The molecule has 228 valence electrons. The van der Waals surface area contributed by atoms with Gasteiger partial charge in [0.25, 0.3) is 11.8 Å². The molecule has 0 aliphatic carbocycles. The Kier molecular flexibility index (Phi) is 9.34. The molecule has 0 saturated heterocycles. The van der Waals surface area contributed by atoms with Crippen molar-refractivity contribution in [1.29, 1.82) is 0 Å². The average Bonchev–Trinajstić information content (AvgIpc) is 3.58. The number of aliphatic hydroxyl groups is 3. The van der Waals surface area contributed by atoms with Crippen LogP contribution in [0.4, 0.5) is 11.4 Å². The summed E-state index contributed by atoms with van der Waals surface area (Å²) in [6, 6.07) is 24.0. The number of fused-ring (bicyclic) bond motifs is 1. The summed E-state index contributed by atoms with van der Waals surface area (Å²) in [4.78, 5) is 27.4. The summed E-state index contributed by atoms with van der Waals surface area (Å²) in [5, 5.41) is 42.5. The minimum Gasteiger partial charge on any atom is -0.395 e. The fourth-order valence-corrected chi connectivity index (χ4v) is 5.52. The number of carbonyl (C=O) groups is 2. The van der Waals surface area contributed by atoms with Gasteiger partial charge in [0.05, 0.1) is 30.5 Å². The topological polar surface area (TPSA) is 141 Å². The Morgan fingerprint density at radius 2 is 1.80 bits per heavy atom. The molecule has 1 unspecified atom stereocenters. The van der Waals surface area contributed by atoms with Crippen molar-refractivity contribution < 1.29 is 24.9 Å². The number of aliphatic hydroxyl groups excluding tert-OH is 2. The molecule has 1 aliphatic rings. The average molecular weight is 596 g/mol. The van der Waals surface area contributed by atoms with E-state index in [2.05, 4.69) is 15.6 Å². The second-order valence-electron chi connectivity index (χ2n) is 11.1. The SMILES string of the molecule is C[C@H](O)C(=O)Nc1cccc(CN2C(=O)[C@@](O)([C@@H](C)/C=C/CCn3cc(C(CO)c4ccccc4)nn3)c3ccccc32)c1. The summed E-state index contributed by atoms with van der Waals surface area (Å²) < 4.78 is 1.72. The van der Waals surface area contributed by atoms with Gasteiger partial charge in [-0.2, -0.15) is 0 Å². The van der Waals surface area contributed by atoms with E-state index in [0.717, 1.165) is 11.1 Å². The molecule has 0 spiro atoms. The largest absolute Gasteiger partial charge is 0.395 e. The summed E-state index contributed by atoms with van der Waals surface area (Å²) in [5.74, 6) is -1.73. The zero-order valence-electron chi connectivity index (χ0n) is 24.7. The van der Waals surface area contributed by atoms with Gasteiger partial charge in [-0.3, -0.25) is 14.3 Å². The second kappa shape index (κ2) is 13.3. The lowest BCUT2D eigenvalue weighted by Crippen LogP contribution is -2.44. The first-order valence-electron chi connectivity index (χ1n) is 14.7. The van der Waals surface area contributed by atoms with Crippen LogP contribution in [-0.4, -0.2) is 54.8 Å². The summed E-state index contributed by atoms with van der Waals surface area (Å²) >= 11 is 0. The van der Waals surface area contributed by atoms with Gasteiger partial charge < -0.3 is 25.5 Å². The molecule has 4 N–H and O–H groups in total. The van der Waals surface area contributed by atoms with Crippen LogP contribution < -0.4 is 10.2 Å². The Balaban J connectivity index is 1.26. The first-order chi connectivity index (χ1) is 21.2. The zero-order chi connectivity index (χ0) is 31.3. The number of hydrogen-bond donors (Lipinski definition) is 4. The fraction of sp³-hybridized carbons (Fsp3) is 0.294. The van der Waals surface area contributed by atoms with Crippen molar-refractivity contribution in [2.45, 2.75) is 51.0 Å². The summed E-state index contributed by atoms with van der Waals surface area (Å²) in [5.41, 5.74) is 2.33. The lowest BCUT2D eigenvalue weighted by Gasteiger charge is -2.27.